The first-order valence-corrected chi connectivity index (χ1v) is 9.40. The number of carbonyl (C=O) groups is 1. The molecule has 1 heterocycles. The molecule has 0 spiro atoms. The van der Waals surface area contributed by atoms with Crippen LogP contribution in [0.2, 0.25) is 0 Å². The zero-order valence-electron chi connectivity index (χ0n) is 16.3. The van der Waals surface area contributed by atoms with Crippen LogP contribution in [0.1, 0.15) is 23.6 Å². The Bertz CT molecular complexity index is 876. The summed E-state index contributed by atoms with van der Waals surface area (Å²) in [5.41, 5.74) is 3.28. The summed E-state index contributed by atoms with van der Waals surface area (Å²) in [5, 5.41) is 7.26. The molecule has 146 valence electrons. The van der Waals surface area contributed by atoms with Crippen molar-refractivity contribution in [2.45, 2.75) is 26.6 Å². The Morgan fingerprint density at radius 2 is 1.86 bits per heavy atom. The van der Waals surface area contributed by atoms with Crippen LogP contribution in [0, 0.1) is 0 Å². The van der Waals surface area contributed by atoms with E-state index in [9.17, 15) is 4.79 Å². The molecule has 0 unspecified atom stereocenters. The molecule has 1 aromatic heterocycles. The van der Waals surface area contributed by atoms with Gasteiger partial charge in [0.25, 0.3) is 0 Å². The van der Waals surface area contributed by atoms with Gasteiger partial charge < -0.3 is 15.0 Å². The maximum atomic E-state index is 12.5. The Hall–Kier alpha value is -3.28. The van der Waals surface area contributed by atoms with Gasteiger partial charge in [-0.25, -0.2) is 4.79 Å². The third kappa shape index (κ3) is 5.36. The SMILES string of the molecule is CCOc1ccc(CN(C)C(=O)NCc2ccccc2Cn2cccn2)cc1. The summed E-state index contributed by atoms with van der Waals surface area (Å²) in [6.07, 6.45) is 3.69. The molecule has 2 aromatic carbocycles. The van der Waals surface area contributed by atoms with Crippen LogP contribution >= 0.6 is 0 Å². The molecule has 3 rings (SSSR count). The van der Waals surface area contributed by atoms with Crippen molar-refractivity contribution in [2.24, 2.45) is 0 Å². The molecule has 0 saturated heterocycles. The van der Waals surface area contributed by atoms with Crippen molar-refractivity contribution in [3.8, 4) is 5.75 Å². The van der Waals surface area contributed by atoms with Crippen molar-refractivity contribution < 1.29 is 9.53 Å². The number of rotatable bonds is 8. The van der Waals surface area contributed by atoms with Crippen molar-refractivity contribution >= 4 is 6.03 Å². The van der Waals surface area contributed by atoms with E-state index in [0.29, 0.717) is 26.2 Å². The molecule has 0 aliphatic heterocycles. The molecule has 0 bridgehead atoms. The van der Waals surface area contributed by atoms with Crippen LogP contribution < -0.4 is 10.1 Å². The van der Waals surface area contributed by atoms with Crippen molar-refractivity contribution in [3.63, 3.8) is 0 Å². The average Bonchev–Trinajstić information content (AvgIpc) is 3.22. The average molecular weight is 378 g/mol. The van der Waals surface area contributed by atoms with E-state index >= 15 is 0 Å². The molecular weight excluding hydrogens is 352 g/mol. The zero-order chi connectivity index (χ0) is 19.8. The molecule has 0 aliphatic carbocycles. The summed E-state index contributed by atoms with van der Waals surface area (Å²) in [4.78, 5) is 14.2. The van der Waals surface area contributed by atoms with Gasteiger partial charge in [0.2, 0.25) is 0 Å². The summed E-state index contributed by atoms with van der Waals surface area (Å²) < 4.78 is 7.32. The van der Waals surface area contributed by atoms with Gasteiger partial charge in [-0.3, -0.25) is 4.68 Å². The number of ether oxygens (including phenoxy) is 1. The van der Waals surface area contributed by atoms with Gasteiger partial charge in [-0.05, 0) is 41.8 Å². The molecule has 0 aliphatic rings. The molecule has 1 N–H and O–H groups in total. The minimum atomic E-state index is -0.109. The first-order valence-electron chi connectivity index (χ1n) is 9.40. The Morgan fingerprint density at radius 1 is 1.11 bits per heavy atom. The Morgan fingerprint density at radius 3 is 2.54 bits per heavy atom. The topological polar surface area (TPSA) is 59.4 Å². The number of carbonyl (C=O) groups excluding carboxylic acids is 1. The number of hydrogen-bond donors (Lipinski definition) is 1. The Kier molecular flexibility index (Phi) is 6.68. The number of urea groups is 1. The van der Waals surface area contributed by atoms with Gasteiger partial charge in [-0.2, -0.15) is 5.10 Å². The summed E-state index contributed by atoms with van der Waals surface area (Å²) in [7, 11) is 1.79. The maximum Gasteiger partial charge on any atom is 0.317 e. The largest absolute Gasteiger partial charge is 0.494 e. The van der Waals surface area contributed by atoms with E-state index < -0.39 is 0 Å². The van der Waals surface area contributed by atoms with Crippen LogP contribution in [-0.2, 0) is 19.6 Å². The fourth-order valence-corrected chi connectivity index (χ4v) is 2.96. The van der Waals surface area contributed by atoms with Gasteiger partial charge in [0.15, 0.2) is 0 Å². The summed E-state index contributed by atoms with van der Waals surface area (Å²) in [6, 6.07) is 17.7. The van der Waals surface area contributed by atoms with E-state index in [4.69, 9.17) is 4.74 Å². The van der Waals surface area contributed by atoms with Gasteiger partial charge in [0.05, 0.1) is 13.2 Å². The number of hydrogen-bond acceptors (Lipinski definition) is 3. The molecule has 6 nitrogen and oxygen atoms in total. The zero-order valence-corrected chi connectivity index (χ0v) is 16.3. The second-order valence-corrected chi connectivity index (χ2v) is 6.56. The van der Waals surface area contributed by atoms with Gasteiger partial charge in [0, 0.05) is 32.5 Å². The highest BCUT2D eigenvalue weighted by Gasteiger charge is 2.10. The van der Waals surface area contributed by atoms with Crippen LogP contribution in [0.3, 0.4) is 0 Å². The fourth-order valence-electron chi connectivity index (χ4n) is 2.96. The Balaban J connectivity index is 1.55. The molecule has 0 atom stereocenters. The molecular formula is C22H26N4O2. The number of benzene rings is 2. The van der Waals surface area contributed by atoms with E-state index in [1.54, 1.807) is 18.1 Å². The summed E-state index contributed by atoms with van der Waals surface area (Å²) >= 11 is 0. The van der Waals surface area contributed by atoms with Crippen molar-refractivity contribution in [1.82, 2.24) is 20.0 Å². The summed E-state index contributed by atoms with van der Waals surface area (Å²) in [5.74, 6) is 0.840. The lowest BCUT2D eigenvalue weighted by molar-refractivity contribution is 0.206. The van der Waals surface area contributed by atoms with E-state index in [1.807, 2.05) is 66.3 Å². The summed E-state index contributed by atoms with van der Waals surface area (Å²) in [6.45, 7) is 4.29. The minimum Gasteiger partial charge on any atom is -0.494 e. The number of nitrogens with one attached hydrogen (secondary N) is 1. The minimum absolute atomic E-state index is 0.109. The molecule has 3 aromatic rings. The second kappa shape index (κ2) is 9.60. The van der Waals surface area contributed by atoms with Crippen LogP contribution in [0.4, 0.5) is 4.79 Å². The van der Waals surface area contributed by atoms with Crippen molar-refractivity contribution in [2.75, 3.05) is 13.7 Å². The van der Waals surface area contributed by atoms with Gasteiger partial charge in [-0.1, -0.05) is 36.4 Å². The predicted octanol–water partition coefficient (Wildman–Crippen LogP) is 3.67. The highest BCUT2D eigenvalue weighted by molar-refractivity contribution is 5.73. The van der Waals surface area contributed by atoms with E-state index in [1.165, 1.54) is 0 Å². The fraction of sp³-hybridized carbons (Fsp3) is 0.273. The van der Waals surface area contributed by atoms with Crippen LogP contribution in [0.5, 0.6) is 5.75 Å². The maximum absolute atomic E-state index is 12.5. The second-order valence-electron chi connectivity index (χ2n) is 6.56. The van der Waals surface area contributed by atoms with Gasteiger partial charge in [-0.15, -0.1) is 0 Å². The van der Waals surface area contributed by atoms with E-state index in [2.05, 4.69) is 16.5 Å². The van der Waals surface area contributed by atoms with Crippen molar-refractivity contribution in [1.29, 1.82) is 0 Å². The molecule has 0 saturated carbocycles. The normalized spacial score (nSPS) is 10.5. The number of aromatic nitrogens is 2. The molecule has 0 fully saturated rings. The third-order valence-electron chi connectivity index (χ3n) is 4.44. The van der Waals surface area contributed by atoms with Gasteiger partial charge in [0.1, 0.15) is 5.75 Å². The molecule has 2 amide bonds. The lowest BCUT2D eigenvalue weighted by atomic mass is 10.1. The van der Waals surface area contributed by atoms with Crippen LogP contribution in [-0.4, -0.2) is 34.4 Å². The van der Waals surface area contributed by atoms with Crippen LogP contribution in [0.15, 0.2) is 67.0 Å². The molecule has 28 heavy (non-hydrogen) atoms. The first-order chi connectivity index (χ1) is 13.7. The molecule has 0 radical (unpaired) electrons. The third-order valence-corrected chi connectivity index (χ3v) is 4.44. The Labute approximate surface area is 165 Å². The highest BCUT2D eigenvalue weighted by Crippen LogP contribution is 2.14. The number of nitrogens with zero attached hydrogens (tertiary/aromatic N) is 3. The van der Waals surface area contributed by atoms with Crippen LogP contribution in [0.25, 0.3) is 0 Å². The van der Waals surface area contributed by atoms with Gasteiger partial charge >= 0.3 is 6.03 Å². The van der Waals surface area contributed by atoms with Crippen molar-refractivity contribution in [3.05, 3.63) is 83.7 Å². The highest BCUT2D eigenvalue weighted by atomic mass is 16.5. The standard InChI is InChI=1S/C22H26N4O2/c1-3-28-21-11-9-18(10-12-21)16-25(2)22(27)23-15-19-7-4-5-8-20(19)17-26-14-6-13-24-26/h4-14H,3,15-17H2,1-2H3,(H,23,27). The van der Waals surface area contributed by atoms with E-state index in [0.717, 1.165) is 22.4 Å². The monoisotopic (exact) mass is 378 g/mol. The lowest BCUT2D eigenvalue weighted by Gasteiger charge is -2.19. The lowest BCUT2D eigenvalue weighted by Crippen LogP contribution is -2.36. The smallest absolute Gasteiger partial charge is 0.317 e. The molecule has 6 heteroatoms. The quantitative estimate of drug-likeness (QED) is 0.651. The first kappa shape index (κ1) is 19.5. The predicted molar refractivity (Wildman–Crippen MR) is 109 cm³/mol. The number of amides is 2. The van der Waals surface area contributed by atoms with E-state index in [-0.39, 0.29) is 6.03 Å².